The number of ether oxygens (including phenoxy) is 2. The number of alkyl halides is 1. The number of allylic oxidation sites excluding steroid dienone is 1. The number of nitrogens with zero attached hydrogens (tertiary/aromatic N) is 1. The third-order valence-electron chi connectivity index (χ3n) is 3.39. The average Bonchev–Trinajstić information content (AvgIpc) is 2.49. The zero-order valence-electron chi connectivity index (χ0n) is 14.0. The first kappa shape index (κ1) is 17.9. The maximum Gasteiger partial charge on any atom is 0.414 e. The monoisotopic (exact) mass is 381 g/mol. The first-order valence-corrected chi connectivity index (χ1v) is 9.00. The maximum atomic E-state index is 12.4. The maximum absolute atomic E-state index is 12.4. The van der Waals surface area contributed by atoms with Crippen LogP contribution in [0, 0.1) is 0 Å². The van der Waals surface area contributed by atoms with Crippen molar-refractivity contribution < 1.29 is 14.3 Å². The van der Waals surface area contributed by atoms with Crippen LogP contribution in [0.3, 0.4) is 0 Å². The van der Waals surface area contributed by atoms with Crippen LogP contribution in [0.1, 0.15) is 32.8 Å². The molecule has 1 aliphatic rings. The quantitative estimate of drug-likeness (QED) is 0.560. The Morgan fingerprint density at radius 1 is 1.35 bits per heavy atom. The summed E-state index contributed by atoms with van der Waals surface area (Å²) in [6.45, 7) is 6.88. The summed E-state index contributed by atoms with van der Waals surface area (Å²) in [5.41, 5.74) is 1.57. The normalized spacial score (nSPS) is 14.7. The van der Waals surface area contributed by atoms with E-state index in [9.17, 15) is 4.79 Å². The molecule has 0 aromatic heterocycles. The van der Waals surface area contributed by atoms with E-state index in [-0.39, 0.29) is 6.09 Å². The van der Waals surface area contributed by atoms with Crippen LogP contribution in [0.4, 0.5) is 10.5 Å². The molecule has 1 aliphatic heterocycles. The number of amides is 1. The minimum atomic E-state index is -0.487. The van der Waals surface area contributed by atoms with Gasteiger partial charge in [0.2, 0.25) is 0 Å². The van der Waals surface area contributed by atoms with Gasteiger partial charge < -0.3 is 9.47 Å². The molecular weight excluding hydrogens is 358 g/mol. The molecule has 0 aliphatic carbocycles. The van der Waals surface area contributed by atoms with E-state index >= 15 is 0 Å². The second kappa shape index (κ2) is 7.86. The molecule has 0 bridgehead atoms. The van der Waals surface area contributed by atoms with Crippen molar-refractivity contribution in [3.05, 3.63) is 35.9 Å². The van der Waals surface area contributed by atoms with Gasteiger partial charge in [0.25, 0.3) is 0 Å². The Kier molecular flexibility index (Phi) is 6.10. The minimum absolute atomic E-state index is 0.285. The van der Waals surface area contributed by atoms with Gasteiger partial charge in [0.1, 0.15) is 18.0 Å². The molecule has 1 aromatic rings. The van der Waals surface area contributed by atoms with Crippen LogP contribution in [-0.4, -0.2) is 30.2 Å². The third kappa shape index (κ3) is 5.27. The second-order valence-electron chi connectivity index (χ2n) is 6.46. The van der Waals surface area contributed by atoms with Crippen LogP contribution >= 0.6 is 15.9 Å². The highest BCUT2D eigenvalue weighted by Crippen LogP contribution is 2.31. The summed E-state index contributed by atoms with van der Waals surface area (Å²) in [7, 11) is 0. The molecule has 0 saturated heterocycles. The molecule has 0 N–H and O–H groups in total. The lowest BCUT2D eigenvalue weighted by molar-refractivity contribution is 0.0578. The Balaban J connectivity index is 2.10. The molecule has 5 heteroatoms. The van der Waals surface area contributed by atoms with Crippen molar-refractivity contribution >= 4 is 27.7 Å². The largest absolute Gasteiger partial charge is 0.490 e. The van der Waals surface area contributed by atoms with Crippen molar-refractivity contribution in [2.45, 2.75) is 39.2 Å². The summed E-state index contributed by atoms with van der Waals surface area (Å²) < 4.78 is 11.2. The molecule has 0 atom stereocenters. The molecule has 0 unspecified atom stereocenters. The van der Waals surface area contributed by atoms with Crippen LogP contribution in [0.5, 0.6) is 5.75 Å². The lowest BCUT2D eigenvalue weighted by Crippen LogP contribution is -2.39. The molecule has 1 aromatic carbocycles. The van der Waals surface area contributed by atoms with Crippen molar-refractivity contribution in [2.24, 2.45) is 0 Å². The Labute approximate surface area is 146 Å². The fourth-order valence-corrected chi connectivity index (χ4v) is 2.71. The Morgan fingerprint density at radius 2 is 2.13 bits per heavy atom. The number of carbonyl (C=O) groups is 1. The van der Waals surface area contributed by atoms with Crippen LogP contribution in [-0.2, 0) is 11.2 Å². The van der Waals surface area contributed by atoms with Crippen molar-refractivity contribution in [3.63, 3.8) is 0 Å². The first-order chi connectivity index (χ1) is 10.9. The van der Waals surface area contributed by atoms with Gasteiger partial charge >= 0.3 is 6.09 Å². The van der Waals surface area contributed by atoms with Gasteiger partial charge in [0, 0.05) is 11.9 Å². The predicted octanol–water partition coefficient (Wildman–Crippen LogP) is 4.70. The Bertz CT molecular complexity index is 578. The number of fused-ring (bicyclic) bond motifs is 1. The van der Waals surface area contributed by atoms with Gasteiger partial charge in [0.05, 0.1) is 5.69 Å². The van der Waals surface area contributed by atoms with Gasteiger partial charge in [-0.05, 0) is 57.4 Å². The van der Waals surface area contributed by atoms with Crippen LogP contribution in [0.2, 0.25) is 0 Å². The van der Waals surface area contributed by atoms with Crippen LogP contribution in [0.25, 0.3) is 0 Å². The average molecular weight is 382 g/mol. The number of aryl methyl sites for hydroxylation is 1. The highest BCUT2D eigenvalue weighted by molar-refractivity contribution is 9.09. The van der Waals surface area contributed by atoms with Crippen molar-refractivity contribution in [1.82, 2.24) is 0 Å². The molecule has 0 saturated carbocycles. The molecule has 126 valence electrons. The zero-order chi connectivity index (χ0) is 16.9. The van der Waals surface area contributed by atoms with E-state index < -0.39 is 5.60 Å². The Hall–Kier alpha value is -1.49. The molecule has 2 rings (SSSR count). The molecule has 1 heterocycles. The van der Waals surface area contributed by atoms with Crippen molar-refractivity contribution in [2.75, 3.05) is 23.4 Å². The van der Waals surface area contributed by atoms with Crippen molar-refractivity contribution in [3.8, 4) is 5.75 Å². The number of hydrogen-bond acceptors (Lipinski definition) is 3. The zero-order valence-corrected chi connectivity index (χ0v) is 15.6. The van der Waals surface area contributed by atoms with E-state index in [1.807, 2.05) is 51.1 Å². The molecule has 1 amide bonds. The minimum Gasteiger partial charge on any atom is -0.490 e. The number of rotatable bonds is 4. The smallest absolute Gasteiger partial charge is 0.414 e. The highest BCUT2D eigenvalue weighted by Gasteiger charge is 2.27. The lowest BCUT2D eigenvalue weighted by atomic mass is 10.0. The predicted molar refractivity (Wildman–Crippen MR) is 96.8 cm³/mol. The summed E-state index contributed by atoms with van der Waals surface area (Å²) in [5.74, 6) is 0.828. The van der Waals surface area contributed by atoms with Gasteiger partial charge in [-0.25, -0.2) is 4.79 Å². The van der Waals surface area contributed by atoms with Crippen LogP contribution in [0.15, 0.2) is 30.4 Å². The molecule has 0 fully saturated rings. The number of carbonyl (C=O) groups excluding carboxylic acids is 1. The molecule has 0 spiro atoms. The molecular formula is C18H24BrNO3. The summed E-state index contributed by atoms with van der Waals surface area (Å²) in [5, 5.41) is 0.825. The van der Waals surface area contributed by atoms with Crippen LogP contribution < -0.4 is 9.64 Å². The fraction of sp³-hybridized carbons (Fsp3) is 0.500. The van der Waals surface area contributed by atoms with E-state index in [4.69, 9.17) is 9.47 Å². The first-order valence-electron chi connectivity index (χ1n) is 7.88. The van der Waals surface area contributed by atoms with Gasteiger partial charge in [-0.3, -0.25) is 4.90 Å². The SMILES string of the molecule is CC(C)(C)OC(=O)N1CCCc2cc(OC/C=C/CBr)ccc21. The molecule has 23 heavy (non-hydrogen) atoms. The van der Waals surface area contributed by atoms with Gasteiger partial charge in [-0.1, -0.05) is 28.1 Å². The standard InChI is InChI=1S/C18H24BrNO3/c1-18(2,3)23-17(21)20-11-6-7-14-13-15(8-9-16(14)20)22-12-5-4-10-19/h4-5,8-9,13H,6-7,10-12H2,1-3H3/b5-4+. The highest BCUT2D eigenvalue weighted by atomic mass is 79.9. The summed E-state index contributed by atoms with van der Waals surface area (Å²) in [4.78, 5) is 14.1. The topological polar surface area (TPSA) is 38.8 Å². The van der Waals surface area contributed by atoms with Crippen molar-refractivity contribution in [1.29, 1.82) is 0 Å². The van der Waals surface area contributed by atoms with E-state index in [1.165, 1.54) is 0 Å². The fourth-order valence-electron chi connectivity index (χ4n) is 2.45. The number of benzene rings is 1. The second-order valence-corrected chi connectivity index (χ2v) is 7.11. The number of anilines is 1. The molecule has 4 nitrogen and oxygen atoms in total. The summed E-state index contributed by atoms with van der Waals surface area (Å²) >= 11 is 3.33. The summed E-state index contributed by atoms with van der Waals surface area (Å²) in [6.07, 6.45) is 5.57. The van der Waals surface area contributed by atoms with Gasteiger partial charge in [0.15, 0.2) is 0 Å². The Morgan fingerprint density at radius 3 is 2.83 bits per heavy atom. The number of halogens is 1. The summed E-state index contributed by atoms with van der Waals surface area (Å²) in [6, 6.07) is 5.87. The van der Waals surface area contributed by atoms with E-state index in [1.54, 1.807) is 4.90 Å². The lowest BCUT2D eigenvalue weighted by Gasteiger charge is -2.31. The van der Waals surface area contributed by atoms with E-state index in [2.05, 4.69) is 15.9 Å². The van der Waals surface area contributed by atoms with Gasteiger partial charge in [-0.15, -0.1) is 0 Å². The molecule has 0 radical (unpaired) electrons. The van der Waals surface area contributed by atoms with E-state index in [0.29, 0.717) is 13.2 Å². The number of hydrogen-bond donors (Lipinski definition) is 0. The van der Waals surface area contributed by atoms with E-state index in [0.717, 1.165) is 35.2 Å². The third-order valence-corrected chi connectivity index (χ3v) is 3.76. The van der Waals surface area contributed by atoms with Gasteiger partial charge in [-0.2, -0.15) is 0 Å².